The van der Waals surface area contributed by atoms with Crippen molar-refractivity contribution in [2.45, 2.75) is 50.8 Å². The maximum atomic E-state index is 12.4. The van der Waals surface area contributed by atoms with Gasteiger partial charge in [0.05, 0.1) is 6.04 Å². The molecule has 0 aromatic heterocycles. The maximum absolute atomic E-state index is 12.4. The number of aliphatic carboxylic acids is 1. The number of hydrogen-bond acceptors (Lipinski definition) is 5. The monoisotopic (exact) mass is 348 g/mol. The first-order valence-electron chi connectivity index (χ1n) is 8.43. The molecule has 0 saturated carbocycles. The number of likely N-dealkylation sites (tertiary alicyclic amines) is 1. The number of esters is 1. The van der Waals surface area contributed by atoms with Gasteiger partial charge in [0.25, 0.3) is 0 Å². The molecule has 7 nitrogen and oxygen atoms in total. The summed E-state index contributed by atoms with van der Waals surface area (Å²) in [5, 5.41) is 9.33. The van der Waals surface area contributed by atoms with Crippen molar-refractivity contribution in [2.75, 3.05) is 6.54 Å². The summed E-state index contributed by atoms with van der Waals surface area (Å²) in [6, 6.07) is 7.93. The topological polar surface area (TPSA) is 110 Å². The number of nitrogens with two attached hydrogens (primary N) is 1. The van der Waals surface area contributed by atoms with E-state index in [0.29, 0.717) is 25.8 Å². The van der Waals surface area contributed by atoms with Gasteiger partial charge < -0.3 is 20.5 Å². The molecule has 1 aromatic rings. The van der Waals surface area contributed by atoms with Crippen LogP contribution in [0.2, 0.25) is 0 Å². The van der Waals surface area contributed by atoms with Crippen LogP contribution in [0, 0.1) is 0 Å². The van der Waals surface area contributed by atoms with Crippen LogP contribution in [-0.2, 0) is 25.5 Å². The van der Waals surface area contributed by atoms with Gasteiger partial charge in [-0.15, -0.1) is 0 Å². The van der Waals surface area contributed by atoms with Crippen molar-refractivity contribution in [3.8, 4) is 0 Å². The number of hydrogen-bond donors (Lipinski definition) is 2. The predicted octanol–water partition coefficient (Wildman–Crippen LogP) is 0.954. The molecule has 0 spiro atoms. The zero-order chi connectivity index (χ0) is 18.4. The summed E-state index contributed by atoms with van der Waals surface area (Å²) in [7, 11) is 0. The third-order valence-corrected chi connectivity index (χ3v) is 4.27. The summed E-state index contributed by atoms with van der Waals surface area (Å²) in [4.78, 5) is 37.3. The van der Waals surface area contributed by atoms with Crippen LogP contribution in [0.4, 0.5) is 0 Å². The molecule has 0 radical (unpaired) electrons. The van der Waals surface area contributed by atoms with Gasteiger partial charge in [-0.1, -0.05) is 30.3 Å². The number of nitrogens with zero attached hydrogens (tertiary/aromatic N) is 1. The molecular weight excluding hydrogens is 324 g/mol. The smallest absolute Gasteiger partial charge is 0.345 e. The third kappa shape index (κ3) is 5.03. The number of carboxylic acid groups (broad SMARTS) is 1. The minimum absolute atomic E-state index is 0.180. The molecule has 0 aliphatic carbocycles. The minimum Gasteiger partial charge on any atom is -0.479 e. The standard InChI is InChI=1S/C18H24N2O5/c1-12(19)16(21)20-11-5-8-14(20)18(24)25-15(17(22)23)10-9-13-6-3-2-4-7-13/h2-4,6-7,12,14-15H,5,8-11,19H2,1H3,(H,22,23)/t12?,14-,15-/m0/s1. The zero-order valence-electron chi connectivity index (χ0n) is 14.3. The molecule has 1 aliphatic rings. The maximum Gasteiger partial charge on any atom is 0.345 e. The average molecular weight is 348 g/mol. The van der Waals surface area contributed by atoms with Gasteiger partial charge in [-0.05, 0) is 38.2 Å². The van der Waals surface area contributed by atoms with Gasteiger partial charge in [0.2, 0.25) is 5.91 Å². The first kappa shape index (κ1) is 18.9. The van der Waals surface area contributed by atoms with Crippen molar-refractivity contribution in [3.05, 3.63) is 35.9 Å². The molecule has 7 heteroatoms. The highest BCUT2D eigenvalue weighted by atomic mass is 16.6. The van der Waals surface area contributed by atoms with Gasteiger partial charge in [0.15, 0.2) is 6.10 Å². The molecule has 3 atom stereocenters. The highest BCUT2D eigenvalue weighted by Crippen LogP contribution is 2.20. The Morgan fingerprint density at radius 2 is 2.00 bits per heavy atom. The molecule has 136 valence electrons. The summed E-state index contributed by atoms with van der Waals surface area (Å²) >= 11 is 0. The number of rotatable bonds is 7. The van der Waals surface area contributed by atoms with Gasteiger partial charge in [-0.2, -0.15) is 0 Å². The number of amides is 1. The molecular formula is C18H24N2O5. The number of ether oxygens (including phenoxy) is 1. The summed E-state index contributed by atoms with van der Waals surface area (Å²) < 4.78 is 5.20. The zero-order valence-corrected chi connectivity index (χ0v) is 14.3. The van der Waals surface area contributed by atoms with Crippen LogP contribution >= 0.6 is 0 Å². The van der Waals surface area contributed by atoms with Crippen LogP contribution in [-0.4, -0.2) is 52.6 Å². The van der Waals surface area contributed by atoms with E-state index in [1.807, 2.05) is 30.3 Å². The lowest BCUT2D eigenvalue weighted by atomic mass is 10.1. The number of benzene rings is 1. The van der Waals surface area contributed by atoms with Crippen molar-refractivity contribution in [2.24, 2.45) is 5.73 Å². The van der Waals surface area contributed by atoms with Crippen LogP contribution in [0.25, 0.3) is 0 Å². The van der Waals surface area contributed by atoms with Crippen molar-refractivity contribution in [1.82, 2.24) is 4.90 Å². The van der Waals surface area contributed by atoms with E-state index >= 15 is 0 Å². The fourth-order valence-electron chi connectivity index (χ4n) is 2.93. The molecule has 3 N–H and O–H groups in total. The molecule has 1 heterocycles. The van der Waals surface area contributed by atoms with Crippen LogP contribution < -0.4 is 5.73 Å². The quantitative estimate of drug-likeness (QED) is 0.710. The fraction of sp³-hybridized carbons (Fsp3) is 0.500. The number of carboxylic acids is 1. The molecule has 1 saturated heterocycles. The molecule has 1 aromatic carbocycles. The van der Waals surface area contributed by atoms with Crippen molar-refractivity contribution in [3.63, 3.8) is 0 Å². The second-order valence-corrected chi connectivity index (χ2v) is 6.27. The van der Waals surface area contributed by atoms with E-state index in [-0.39, 0.29) is 12.3 Å². The Hall–Kier alpha value is -2.41. The van der Waals surface area contributed by atoms with Crippen LogP contribution in [0.1, 0.15) is 31.7 Å². The Morgan fingerprint density at radius 1 is 1.32 bits per heavy atom. The normalized spacial score (nSPS) is 19.3. The van der Waals surface area contributed by atoms with E-state index in [2.05, 4.69) is 0 Å². The summed E-state index contributed by atoms with van der Waals surface area (Å²) in [6.45, 7) is 1.99. The van der Waals surface area contributed by atoms with E-state index < -0.39 is 30.1 Å². The van der Waals surface area contributed by atoms with Gasteiger partial charge in [0, 0.05) is 6.54 Å². The molecule has 0 bridgehead atoms. The van der Waals surface area contributed by atoms with E-state index in [9.17, 15) is 19.5 Å². The summed E-state index contributed by atoms with van der Waals surface area (Å²) in [6.07, 6.45) is 0.556. The van der Waals surface area contributed by atoms with Crippen molar-refractivity contribution < 1.29 is 24.2 Å². The number of aryl methyl sites for hydroxylation is 1. The number of carbonyl (C=O) groups is 3. The lowest BCUT2D eigenvalue weighted by Crippen LogP contribution is -2.48. The van der Waals surface area contributed by atoms with Gasteiger partial charge in [0.1, 0.15) is 6.04 Å². The Labute approximate surface area is 146 Å². The van der Waals surface area contributed by atoms with Crippen molar-refractivity contribution in [1.29, 1.82) is 0 Å². The Balaban J connectivity index is 1.97. The van der Waals surface area contributed by atoms with E-state index in [4.69, 9.17) is 10.5 Å². The van der Waals surface area contributed by atoms with Crippen molar-refractivity contribution >= 4 is 17.8 Å². The molecule has 1 amide bonds. The number of carbonyl (C=O) groups excluding carboxylic acids is 2. The van der Waals surface area contributed by atoms with Crippen LogP contribution in [0.3, 0.4) is 0 Å². The third-order valence-electron chi connectivity index (χ3n) is 4.27. The SMILES string of the molecule is CC(N)C(=O)N1CCC[C@H]1C(=O)O[C@@H](CCc1ccccc1)C(=O)O. The van der Waals surface area contributed by atoms with E-state index in [1.54, 1.807) is 6.92 Å². The van der Waals surface area contributed by atoms with Gasteiger partial charge in [-0.3, -0.25) is 4.79 Å². The Kier molecular flexibility index (Phi) is 6.52. The predicted molar refractivity (Wildman–Crippen MR) is 90.7 cm³/mol. The average Bonchev–Trinajstić information content (AvgIpc) is 3.07. The Morgan fingerprint density at radius 3 is 2.60 bits per heavy atom. The fourth-order valence-corrected chi connectivity index (χ4v) is 2.93. The van der Waals surface area contributed by atoms with Crippen LogP contribution in [0.15, 0.2) is 30.3 Å². The van der Waals surface area contributed by atoms with Gasteiger partial charge >= 0.3 is 11.9 Å². The van der Waals surface area contributed by atoms with Crippen LogP contribution in [0.5, 0.6) is 0 Å². The lowest BCUT2D eigenvalue weighted by Gasteiger charge is -2.26. The van der Waals surface area contributed by atoms with E-state index in [0.717, 1.165) is 5.56 Å². The molecule has 2 rings (SSSR count). The minimum atomic E-state index is -1.24. The first-order chi connectivity index (χ1) is 11.9. The second-order valence-electron chi connectivity index (χ2n) is 6.27. The highest BCUT2D eigenvalue weighted by Gasteiger charge is 2.38. The summed E-state index contributed by atoms with van der Waals surface area (Å²) in [5.41, 5.74) is 6.57. The largest absolute Gasteiger partial charge is 0.479 e. The summed E-state index contributed by atoms with van der Waals surface area (Å²) in [5.74, 6) is -2.19. The second kappa shape index (κ2) is 8.62. The molecule has 25 heavy (non-hydrogen) atoms. The van der Waals surface area contributed by atoms with E-state index in [1.165, 1.54) is 4.90 Å². The molecule has 1 aliphatic heterocycles. The Bertz CT molecular complexity index is 617. The molecule has 1 fully saturated rings. The lowest BCUT2D eigenvalue weighted by molar-refractivity contribution is -0.168. The first-order valence-corrected chi connectivity index (χ1v) is 8.43. The highest BCUT2D eigenvalue weighted by molar-refractivity contribution is 5.88. The van der Waals surface area contributed by atoms with Gasteiger partial charge in [-0.25, -0.2) is 9.59 Å². The molecule has 1 unspecified atom stereocenters.